The van der Waals surface area contributed by atoms with Gasteiger partial charge in [0.15, 0.2) is 0 Å². The highest BCUT2D eigenvalue weighted by molar-refractivity contribution is 5.95. The predicted molar refractivity (Wildman–Crippen MR) is 97.0 cm³/mol. The normalized spacial score (nSPS) is 15.6. The van der Waals surface area contributed by atoms with E-state index in [9.17, 15) is 9.18 Å². The molecule has 0 aliphatic carbocycles. The van der Waals surface area contributed by atoms with Gasteiger partial charge in [-0.3, -0.25) is 4.79 Å². The summed E-state index contributed by atoms with van der Waals surface area (Å²) in [6.45, 7) is 4.67. The highest BCUT2D eigenvalue weighted by Crippen LogP contribution is 2.21. The summed E-state index contributed by atoms with van der Waals surface area (Å²) in [4.78, 5) is 25.1. The Hall–Kier alpha value is -2.80. The first-order chi connectivity index (χ1) is 12.5. The van der Waals surface area contributed by atoms with Crippen molar-refractivity contribution in [2.45, 2.75) is 6.92 Å². The monoisotopic (exact) mass is 353 g/mol. The van der Waals surface area contributed by atoms with Crippen LogP contribution in [0.3, 0.4) is 0 Å². The van der Waals surface area contributed by atoms with Gasteiger partial charge in [0.25, 0.3) is 5.91 Å². The second-order valence-electron chi connectivity index (χ2n) is 6.64. The van der Waals surface area contributed by atoms with Crippen molar-refractivity contribution in [2.75, 3.05) is 33.2 Å². The largest absolute Gasteiger partial charge is 0.336 e. The molecule has 1 aliphatic heterocycles. The van der Waals surface area contributed by atoms with Gasteiger partial charge in [0.2, 0.25) is 0 Å². The molecule has 0 saturated carbocycles. The lowest BCUT2D eigenvalue weighted by Gasteiger charge is -2.32. The van der Waals surface area contributed by atoms with E-state index in [-0.39, 0.29) is 11.5 Å². The Morgan fingerprint density at radius 3 is 2.65 bits per heavy atom. The second kappa shape index (κ2) is 6.49. The Labute approximate surface area is 150 Å². The van der Waals surface area contributed by atoms with Gasteiger partial charge in [-0.25, -0.2) is 14.4 Å². The minimum atomic E-state index is -0.515. The molecule has 3 heterocycles. The molecule has 26 heavy (non-hydrogen) atoms. The molecule has 0 unspecified atom stereocenters. The molecule has 0 spiro atoms. The third kappa shape index (κ3) is 2.94. The number of benzene rings is 1. The molecule has 1 aromatic carbocycles. The number of fused-ring (bicyclic) bond motifs is 1. The molecule has 1 amide bonds. The zero-order chi connectivity index (χ0) is 18.3. The van der Waals surface area contributed by atoms with E-state index in [4.69, 9.17) is 0 Å². The van der Waals surface area contributed by atoms with Crippen LogP contribution < -0.4 is 0 Å². The first-order valence-corrected chi connectivity index (χ1v) is 8.61. The van der Waals surface area contributed by atoms with Gasteiger partial charge in [0, 0.05) is 49.6 Å². The maximum absolute atomic E-state index is 14.7. The molecule has 1 aliphatic rings. The van der Waals surface area contributed by atoms with Crippen molar-refractivity contribution in [3.05, 3.63) is 53.9 Å². The van der Waals surface area contributed by atoms with Crippen molar-refractivity contribution in [2.24, 2.45) is 0 Å². The number of carbonyl (C=O) groups is 1. The van der Waals surface area contributed by atoms with Crippen LogP contribution in [-0.4, -0.2) is 63.5 Å². The average molecular weight is 353 g/mol. The van der Waals surface area contributed by atoms with Crippen LogP contribution in [0.1, 0.15) is 16.2 Å². The molecule has 4 rings (SSSR count). The zero-order valence-electron chi connectivity index (χ0n) is 14.8. The van der Waals surface area contributed by atoms with Crippen molar-refractivity contribution < 1.29 is 9.18 Å². The summed E-state index contributed by atoms with van der Waals surface area (Å²) in [5.74, 6) is -0.114. The first kappa shape index (κ1) is 16.7. The van der Waals surface area contributed by atoms with E-state index in [1.54, 1.807) is 27.8 Å². The Morgan fingerprint density at radius 2 is 1.92 bits per heavy atom. The van der Waals surface area contributed by atoms with Crippen molar-refractivity contribution in [1.82, 2.24) is 24.3 Å². The SMILES string of the molecule is Cc1ncc2ccn(-c3ccc(C(=O)N4CCN(C)CC4)c(F)c3)c2n1. The Bertz CT molecular complexity index is 975. The second-order valence-corrected chi connectivity index (χ2v) is 6.64. The summed E-state index contributed by atoms with van der Waals surface area (Å²) in [5, 5.41) is 0.883. The van der Waals surface area contributed by atoms with Crippen molar-refractivity contribution in [3.63, 3.8) is 0 Å². The van der Waals surface area contributed by atoms with E-state index in [2.05, 4.69) is 14.9 Å². The van der Waals surface area contributed by atoms with E-state index in [0.29, 0.717) is 24.6 Å². The number of piperazine rings is 1. The van der Waals surface area contributed by atoms with Crippen LogP contribution in [0.4, 0.5) is 4.39 Å². The summed E-state index contributed by atoms with van der Waals surface area (Å²) in [5.41, 5.74) is 1.46. The fourth-order valence-corrected chi connectivity index (χ4v) is 3.22. The minimum Gasteiger partial charge on any atom is -0.336 e. The number of aryl methyl sites for hydroxylation is 1. The molecule has 0 atom stereocenters. The number of rotatable bonds is 2. The predicted octanol–water partition coefficient (Wildman–Crippen LogP) is 2.26. The summed E-state index contributed by atoms with van der Waals surface area (Å²) in [7, 11) is 2.02. The lowest BCUT2D eigenvalue weighted by Crippen LogP contribution is -2.47. The average Bonchev–Trinajstić information content (AvgIpc) is 3.04. The molecule has 1 fully saturated rings. The summed E-state index contributed by atoms with van der Waals surface area (Å²) in [6.07, 6.45) is 3.57. The third-order valence-corrected chi connectivity index (χ3v) is 4.80. The first-order valence-electron chi connectivity index (χ1n) is 8.61. The molecule has 6 nitrogen and oxygen atoms in total. The summed E-state index contributed by atoms with van der Waals surface area (Å²) < 4.78 is 16.5. The number of likely N-dealkylation sites (N-methyl/N-ethyl adjacent to an activating group) is 1. The Kier molecular flexibility index (Phi) is 4.16. The van der Waals surface area contributed by atoms with Gasteiger partial charge < -0.3 is 14.4 Å². The van der Waals surface area contributed by atoms with E-state index >= 15 is 0 Å². The number of aromatic nitrogens is 3. The Balaban J connectivity index is 1.65. The number of amides is 1. The number of halogens is 1. The topological polar surface area (TPSA) is 54.3 Å². The van der Waals surface area contributed by atoms with Crippen LogP contribution in [0.15, 0.2) is 36.7 Å². The van der Waals surface area contributed by atoms with E-state index in [0.717, 1.165) is 24.1 Å². The van der Waals surface area contributed by atoms with Crippen molar-refractivity contribution >= 4 is 16.9 Å². The minimum absolute atomic E-state index is 0.112. The summed E-state index contributed by atoms with van der Waals surface area (Å²) >= 11 is 0. The van der Waals surface area contributed by atoms with Gasteiger partial charge in [-0.05, 0) is 38.2 Å². The van der Waals surface area contributed by atoms with Crippen molar-refractivity contribution in [1.29, 1.82) is 0 Å². The number of hydrogen-bond acceptors (Lipinski definition) is 4. The van der Waals surface area contributed by atoms with Gasteiger partial charge in [-0.1, -0.05) is 0 Å². The lowest BCUT2D eigenvalue weighted by molar-refractivity contribution is 0.0659. The van der Waals surface area contributed by atoms with Gasteiger partial charge in [0.1, 0.15) is 17.3 Å². The van der Waals surface area contributed by atoms with Gasteiger partial charge >= 0.3 is 0 Å². The van der Waals surface area contributed by atoms with E-state index < -0.39 is 5.82 Å². The van der Waals surface area contributed by atoms with Crippen molar-refractivity contribution in [3.8, 4) is 5.69 Å². The van der Waals surface area contributed by atoms with Crippen LogP contribution in [0, 0.1) is 12.7 Å². The molecule has 2 aromatic heterocycles. The maximum atomic E-state index is 14.7. The fourth-order valence-electron chi connectivity index (χ4n) is 3.22. The fraction of sp³-hybridized carbons (Fsp3) is 0.316. The molecule has 0 N–H and O–H groups in total. The summed E-state index contributed by atoms with van der Waals surface area (Å²) in [6, 6.07) is 6.59. The van der Waals surface area contributed by atoms with Crippen LogP contribution in [0.2, 0.25) is 0 Å². The molecule has 134 valence electrons. The molecule has 7 heteroatoms. The number of nitrogens with zero attached hydrogens (tertiary/aromatic N) is 5. The highest BCUT2D eigenvalue weighted by atomic mass is 19.1. The molecule has 3 aromatic rings. The molecule has 1 saturated heterocycles. The van der Waals surface area contributed by atoms with Crippen LogP contribution >= 0.6 is 0 Å². The van der Waals surface area contributed by atoms with Crippen LogP contribution in [0.25, 0.3) is 16.7 Å². The Morgan fingerprint density at radius 1 is 1.15 bits per heavy atom. The molecular weight excluding hydrogens is 333 g/mol. The van der Waals surface area contributed by atoms with Gasteiger partial charge in [0.05, 0.1) is 5.56 Å². The van der Waals surface area contributed by atoms with E-state index in [1.807, 2.05) is 26.2 Å². The van der Waals surface area contributed by atoms with Gasteiger partial charge in [-0.15, -0.1) is 0 Å². The lowest BCUT2D eigenvalue weighted by atomic mass is 10.1. The number of hydrogen-bond donors (Lipinski definition) is 0. The molecule has 0 radical (unpaired) electrons. The quantitative estimate of drug-likeness (QED) is 0.709. The smallest absolute Gasteiger partial charge is 0.256 e. The highest BCUT2D eigenvalue weighted by Gasteiger charge is 2.23. The van der Waals surface area contributed by atoms with Crippen LogP contribution in [-0.2, 0) is 0 Å². The molecular formula is C19H20FN5O. The number of carbonyl (C=O) groups excluding carboxylic acids is 1. The zero-order valence-corrected chi connectivity index (χ0v) is 14.8. The molecule has 0 bridgehead atoms. The maximum Gasteiger partial charge on any atom is 0.256 e. The standard InChI is InChI=1S/C19H20FN5O/c1-13-21-12-14-5-6-25(18(14)22-13)15-3-4-16(17(20)11-15)19(26)24-9-7-23(2)8-10-24/h3-6,11-12H,7-10H2,1-2H3. The van der Waals surface area contributed by atoms with Crippen LogP contribution in [0.5, 0.6) is 0 Å². The third-order valence-electron chi connectivity index (χ3n) is 4.80. The van der Waals surface area contributed by atoms with Gasteiger partial charge in [-0.2, -0.15) is 0 Å². The van der Waals surface area contributed by atoms with E-state index in [1.165, 1.54) is 6.07 Å².